The lowest BCUT2D eigenvalue weighted by atomic mass is 10.0. The molecular weight excluding hydrogens is 252 g/mol. The van der Waals surface area contributed by atoms with E-state index < -0.39 is 18.9 Å². The summed E-state index contributed by atoms with van der Waals surface area (Å²) in [6, 6.07) is 4.29. The van der Waals surface area contributed by atoms with Crippen molar-refractivity contribution >= 4 is 12.4 Å². The molecule has 1 rings (SSSR count). The van der Waals surface area contributed by atoms with E-state index in [4.69, 9.17) is 15.2 Å². The zero-order valence-electron chi connectivity index (χ0n) is 9.65. The Labute approximate surface area is 105 Å². The molecule has 0 spiro atoms. The van der Waals surface area contributed by atoms with Crippen LogP contribution < -0.4 is 15.2 Å². The number of halogens is 3. The van der Waals surface area contributed by atoms with Gasteiger partial charge in [0.05, 0.1) is 14.2 Å². The second kappa shape index (κ2) is 7.29. The maximum absolute atomic E-state index is 12.2. The highest BCUT2D eigenvalue weighted by atomic mass is 35.5. The van der Waals surface area contributed by atoms with E-state index in [0.717, 1.165) is 0 Å². The molecule has 0 aliphatic rings. The Hall–Kier alpha value is -1.07. The first kappa shape index (κ1) is 15.9. The van der Waals surface area contributed by atoms with Crippen LogP contribution in [-0.2, 0) is 0 Å². The van der Waals surface area contributed by atoms with E-state index >= 15 is 0 Å². The van der Waals surface area contributed by atoms with Crippen molar-refractivity contribution in [1.29, 1.82) is 0 Å². The molecule has 0 saturated carbocycles. The van der Waals surface area contributed by atoms with Crippen molar-refractivity contribution in [2.75, 3.05) is 14.2 Å². The zero-order chi connectivity index (χ0) is 12.1. The van der Waals surface area contributed by atoms with Crippen LogP contribution in [-0.4, -0.2) is 20.6 Å². The van der Waals surface area contributed by atoms with Crippen molar-refractivity contribution in [2.45, 2.75) is 18.9 Å². The SMILES string of the molecule is COc1cccc([C@@H](N)CC(F)F)c1OC.Cl. The van der Waals surface area contributed by atoms with Gasteiger partial charge in [0.2, 0.25) is 6.43 Å². The van der Waals surface area contributed by atoms with Crippen LogP contribution in [0.15, 0.2) is 18.2 Å². The van der Waals surface area contributed by atoms with Crippen LogP contribution >= 0.6 is 12.4 Å². The Bertz CT molecular complexity index is 350. The Kier molecular flexibility index (Phi) is 6.83. The summed E-state index contributed by atoms with van der Waals surface area (Å²) in [6.07, 6.45) is -2.84. The second-order valence-corrected chi connectivity index (χ2v) is 3.32. The molecule has 0 aliphatic heterocycles. The Morgan fingerprint density at radius 3 is 2.35 bits per heavy atom. The molecular formula is C11H16ClF2NO2. The predicted molar refractivity (Wildman–Crippen MR) is 64.3 cm³/mol. The fourth-order valence-electron chi connectivity index (χ4n) is 1.52. The van der Waals surface area contributed by atoms with Crippen LogP contribution in [0.2, 0.25) is 0 Å². The minimum Gasteiger partial charge on any atom is -0.493 e. The first-order valence-corrected chi connectivity index (χ1v) is 4.84. The summed E-state index contributed by atoms with van der Waals surface area (Å²) >= 11 is 0. The quantitative estimate of drug-likeness (QED) is 0.892. The van der Waals surface area contributed by atoms with E-state index in [1.807, 2.05) is 0 Å². The molecule has 0 aliphatic carbocycles. The molecule has 3 nitrogen and oxygen atoms in total. The summed E-state index contributed by atoms with van der Waals surface area (Å²) < 4.78 is 34.7. The number of nitrogens with two attached hydrogens (primary N) is 1. The lowest BCUT2D eigenvalue weighted by molar-refractivity contribution is 0.128. The van der Waals surface area contributed by atoms with Gasteiger partial charge in [-0.25, -0.2) is 8.78 Å². The van der Waals surface area contributed by atoms with Gasteiger partial charge >= 0.3 is 0 Å². The van der Waals surface area contributed by atoms with Gasteiger partial charge in [-0.15, -0.1) is 12.4 Å². The summed E-state index contributed by atoms with van der Waals surface area (Å²) in [4.78, 5) is 0. The fourth-order valence-corrected chi connectivity index (χ4v) is 1.52. The van der Waals surface area contributed by atoms with Gasteiger partial charge in [-0.05, 0) is 6.07 Å². The second-order valence-electron chi connectivity index (χ2n) is 3.32. The summed E-state index contributed by atoms with van der Waals surface area (Å²) in [5.41, 5.74) is 6.21. The number of alkyl halides is 2. The van der Waals surface area contributed by atoms with Crippen molar-refractivity contribution < 1.29 is 18.3 Å². The molecule has 2 N–H and O–H groups in total. The van der Waals surface area contributed by atoms with E-state index in [0.29, 0.717) is 17.1 Å². The van der Waals surface area contributed by atoms with Gasteiger partial charge in [-0.1, -0.05) is 12.1 Å². The molecule has 1 aromatic rings. The standard InChI is InChI=1S/C11H15F2NO2.ClH/c1-15-9-5-3-4-7(11(9)16-2)8(14)6-10(12)13;/h3-5,8,10H,6,14H2,1-2H3;1H/t8-;/m0./s1. The van der Waals surface area contributed by atoms with Crippen LogP contribution in [0.4, 0.5) is 8.78 Å². The fraction of sp³-hybridized carbons (Fsp3) is 0.455. The van der Waals surface area contributed by atoms with Crippen molar-refractivity contribution in [1.82, 2.24) is 0 Å². The molecule has 0 heterocycles. The molecule has 0 unspecified atom stereocenters. The van der Waals surface area contributed by atoms with Crippen LogP contribution in [0.25, 0.3) is 0 Å². The highest BCUT2D eigenvalue weighted by molar-refractivity contribution is 5.85. The van der Waals surface area contributed by atoms with Gasteiger partial charge in [0.15, 0.2) is 11.5 Å². The van der Waals surface area contributed by atoms with E-state index in [2.05, 4.69) is 0 Å². The molecule has 0 fully saturated rings. The normalized spacial score (nSPS) is 11.9. The maximum atomic E-state index is 12.2. The number of methoxy groups -OCH3 is 2. The number of para-hydroxylation sites is 1. The largest absolute Gasteiger partial charge is 0.493 e. The van der Waals surface area contributed by atoms with Gasteiger partial charge < -0.3 is 15.2 Å². The van der Waals surface area contributed by atoms with Crippen LogP contribution in [0.5, 0.6) is 11.5 Å². The third kappa shape index (κ3) is 4.02. The smallest absolute Gasteiger partial charge is 0.240 e. The van der Waals surface area contributed by atoms with Crippen molar-refractivity contribution in [3.05, 3.63) is 23.8 Å². The predicted octanol–water partition coefficient (Wildman–Crippen LogP) is 2.78. The average molecular weight is 268 g/mol. The number of benzene rings is 1. The molecule has 6 heteroatoms. The molecule has 0 aromatic heterocycles. The molecule has 17 heavy (non-hydrogen) atoms. The van der Waals surface area contributed by atoms with Crippen LogP contribution in [0.1, 0.15) is 18.0 Å². The summed E-state index contributed by atoms with van der Waals surface area (Å²) in [6.45, 7) is 0. The van der Waals surface area contributed by atoms with Gasteiger partial charge in [-0.3, -0.25) is 0 Å². The number of hydrogen-bond donors (Lipinski definition) is 1. The molecule has 0 radical (unpaired) electrons. The summed E-state index contributed by atoms with van der Waals surface area (Å²) in [5.74, 6) is 0.905. The van der Waals surface area contributed by atoms with Crippen molar-refractivity contribution in [3.63, 3.8) is 0 Å². The van der Waals surface area contributed by atoms with Gasteiger partial charge in [0.1, 0.15) is 0 Å². The lowest BCUT2D eigenvalue weighted by Gasteiger charge is -2.17. The minimum absolute atomic E-state index is 0. The topological polar surface area (TPSA) is 44.5 Å². The van der Waals surface area contributed by atoms with E-state index in [1.54, 1.807) is 18.2 Å². The number of rotatable bonds is 5. The van der Waals surface area contributed by atoms with Crippen LogP contribution in [0.3, 0.4) is 0 Å². The third-order valence-electron chi connectivity index (χ3n) is 2.26. The highest BCUT2D eigenvalue weighted by Crippen LogP contribution is 2.35. The van der Waals surface area contributed by atoms with E-state index in [1.165, 1.54) is 14.2 Å². The maximum Gasteiger partial charge on any atom is 0.240 e. The van der Waals surface area contributed by atoms with Gasteiger partial charge in [-0.2, -0.15) is 0 Å². The Balaban J connectivity index is 0.00000256. The molecule has 0 bridgehead atoms. The molecule has 0 saturated heterocycles. The van der Waals surface area contributed by atoms with Crippen molar-refractivity contribution in [2.24, 2.45) is 5.73 Å². The van der Waals surface area contributed by atoms with E-state index in [-0.39, 0.29) is 12.4 Å². The molecule has 1 atom stereocenters. The minimum atomic E-state index is -2.44. The zero-order valence-corrected chi connectivity index (χ0v) is 10.5. The van der Waals surface area contributed by atoms with Gasteiger partial charge in [0, 0.05) is 18.0 Å². The van der Waals surface area contributed by atoms with Crippen molar-refractivity contribution in [3.8, 4) is 11.5 Å². The monoisotopic (exact) mass is 267 g/mol. The third-order valence-corrected chi connectivity index (χ3v) is 2.26. The Morgan fingerprint density at radius 2 is 1.88 bits per heavy atom. The molecule has 0 amide bonds. The van der Waals surface area contributed by atoms with Crippen LogP contribution in [0, 0.1) is 0 Å². The Morgan fingerprint density at radius 1 is 1.24 bits per heavy atom. The molecule has 98 valence electrons. The van der Waals surface area contributed by atoms with E-state index in [9.17, 15) is 8.78 Å². The summed E-state index contributed by atoms with van der Waals surface area (Å²) in [5, 5.41) is 0. The first-order chi connectivity index (χ1) is 7.60. The number of ether oxygens (including phenoxy) is 2. The lowest BCUT2D eigenvalue weighted by Crippen LogP contribution is -2.15. The van der Waals surface area contributed by atoms with Gasteiger partial charge in [0.25, 0.3) is 0 Å². The number of hydrogen-bond acceptors (Lipinski definition) is 3. The first-order valence-electron chi connectivity index (χ1n) is 4.84. The summed E-state index contributed by atoms with van der Waals surface area (Å²) in [7, 11) is 2.94. The molecule has 1 aromatic carbocycles. The highest BCUT2D eigenvalue weighted by Gasteiger charge is 2.19. The average Bonchev–Trinajstić information content (AvgIpc) is 2.26.